The highest BCUT2D eigenvalue weighted by Crippen LogP contribution is 2.35. The lowest BCUT2D eigenvalue weighted by Crippen LogP contribution is -2.29. The lowest BCUT2D eigenvalue weighted by molar-refractivity contribution is -0.137. The number of carbonyl (C=O) groups excluding carboxylic acids is 2. The van der Waals surface area contributed by atoms with Gasteiger partial charge >= 0.3 is 6.18 Å². The molecule has 2 heterocycles. The van der Waals surface area contributed by atoms with Gasteiger partial charge in [-0.1, -0.05) is 36.1 Å². The van der Waals surface area contributed by atoms with Crippen molar-refractivity contribution in [2.24, 2.45) is 0 Å². The number of halogens is 3. The van der Waals surface area contributed by atoms with Gasteiger partial charge in [0.1, 0.15) is 10.1 Å². The van der Waals surface area contributed by atoms with Crippen LogP contribution >= 0.6 is 24.0 Å². The van der Waals surface area contributed by atoms with Crippen LogP contribution in [0.2, 0.25) is 0 Å². The molecule has 1 N–H and O–H groups in total. The third-order valence-corrected chi connectivity index (χ3v) is 5.36. The van der Waals surface area contributed by atoms with Gasteiger partial charge in [0.25, 0.3) is 5.91 Å². The zero-order chi connectivity index (χ0) is 21.0. The van der Waals surface area contributed by atoms with Crippen LogP contribution in [0.25, 0.3) is 6.08 Å². The molecule has 1 aromatic heterocycles. The zero-order valence-corrected chi connectivity index (χ0v) is 16.5. The fourth-order valence-corrected chi connectivity index (χ4v) is 3.93. The predicted octanol–water partition coefficient (Wildman–Crippen LogP) is 4.92. The number of rotatable bonds is 6. The number of nitrogens with zero attached hydrogens (tertiary/aromatic N) is 1. The molecule has 1 fully saturated rings. The van der Waals surface area contributed by atoms with Crippen molar-refractivity contribution in [2.45, 2.75) is 19.0 Å². The second kappa shape index (κ2) is 8.83. The Bertz CT molecular complexity index is 956. The van der Waals surface area contributed by atoms with Gasteiger partial charge < -0.3 is 9.73 Å². The lowest BCUT2D eigenvalue weighted by Gasteiger charge is -2.15. The van der Waals surface area contributed by atoms with Crippen LogP contribution in [0.3, 0.4) is 0 Å². The Kier molecular flexibility index (Phi) is 6.43. The summed E-state index contributed by atoms with van der Waals surface area (Å²) < 4.78 is 44.5. The number of benzene rings is 1. The number of amides is 2. The Balaban J connectivity index is 1.55. The van der Waals surface area contributed by atoms with Gasteiger partial charge in [-0.05, 0) is 30.7 Å². The summed E-state index contributed by atoms with van der Waals surface area (Å²) in [7, 11) is 0. The van der Waals surface area contributed by atoms with Gasteiger partial charge in [-0.15, -0.1) is 0 Å². The van der Waals surface area contributed by atoms with E-state index in [1.807, 2.05) is 0 Å². The molecule has 5 nitrogen and oxygen atoms in total. The highest BCUT2D eigenvalue weighted by atomic mass is 32.2. The molecule has 1 saturated heterocycles. The van der Waals surface area contributed by atoms with E-state index in [1.165, 1.54) is 29.4 Å². The van der Waals surface area contributed by atoms with E-state index in [2.05, 4.69) is 5.32 Å². The van der Waals surface area contributed by atoms with Crippen molar-refractivity contribution in [3.63, 3.8) is 0 Å². The number of hydrogen-bond acceptors (Lipinski definition) is 5. The van der Waals surface area contributed by atoms with E-state index >= 15 is 0 Å². The minimum Gasteiger partial charge on any atom is -0.465 e. The maximum Gasteiger partial charge on any atom is 0.418 e. The van der Waals surface area contributed by atoms with Crippen LogP contribution in [0.1, 0.15) is 24.2 Å². The molecule has 0 bridgehead atoms. The van der Waals surface area contributed by atoms with E-state index in [1.54, 1.807) is 18.2 Å². The quantitative estimate of drug-likeness (QED) is 0.510. The molecule has 10 heteroatoms. The molecule has 0 saturated carbocycles. The van der Waals surface area contributed by atoms with E-state index in [-0.39, 0.29) is 31.0 Å². The number of anilines is 1. The first-order chi connectivity index (χ1) is 13.8. The Hall–Kier alpha value is -2.59. The number of alkyl halides is 3. The monoisotopic (exact) mass is 440 g/mol. The molecule has 1 aliphatic heterocycles. The largest absolute Gasteiger partial charge is 0.465 e. The zero-order valence-electron chi connectivity index (χ0n) is 14.9. The summed E-state index contributed by atoms with van der Waals surface area (Å²) in [5.41, 5.74) is -1.20. The smallest absolute Gasteiger partial charge is 0.418 e. The molecular formula is C19H15F3N2O3S2. The molecule has 1 aromatic carbocycles. The van der Waals surface area contributed by atoms with Crippen molar-refractivity contribution in [1.29, 1.82) is 0 Å². The van der Waals surface area contributed by atoms with Crippen LogP contribution in [0.4, 0.5) is 18.9 Å². The van der Waals surface area contributed by atoms with E-state index in [0.29, 0.717) is 15.0 Å². The van der Waals surface area contributed by atoms with Gasteiger partial charge in [-0.2, -0.15) is 13.2 Å². The van der Waals surface area contributed by atoms with Crippen molar-refractivity contribution in [3.05, 3.63) is 58.9 Å². The molecule has 152 valence electrons. The highest BCUT2D eigenvalue weighted by Gasteiger charge is 2.34. The Morgan fingerprint density at radius 3 is 2.69 bits per heavy atom. The van der Waals surface area contributed by atoms with Gasteiger partial charge in [-0.25, -0.2) is 0 Å². The Morgan fingerprint density at radius 2 is 2.00 bits per heavy atom. The number of nitrogens with one attached hydrogen (secondary N) is 1. The minimum absolute atomic E-state index is 0.0551. The average molecular weight is 440 g/mol. The Labute approximate surface area is 173 Å². The third-order valence-electron chi connectivity index (χ3n) is 3.98. The van der Waals surface area contributed by atoms with Crippen molar-refractivity contribution in [3.8, 4) is 0 Å². The second-order valence-corrected chi connectivity index (χ2v) is 7.72. The normalized spacial score (nSPS) is 16.0. The van der Waals surface area contributed by atoms with Crippen molar-refractivity contribution < 1.29 is 27.2 Å². The first kappa shape index (κ1) is 21.1. The molecule has 2 amide bonds. The predicted molar refractivity (Wildman–Crippen MR) is 108 cm³/mol. The molecule has 0 atom stereocenters. The lowest BCUT2D eigenvalue weighted by atomic mass is 10.1. The van der Waals surface area contributed by atoms with E-state index in [4.69, 9.17) is 16.6 Å². The van der Waals surface area contributed by atoms with Crippen LogP contribution in [0.5, 0.6) is 0 Å². The van der Waals surface area contributed by atoms with Crippen LogP contribution in [0.15, 0.2) is 52.0 Å². The summed E-state index contributed by atoms with van der Waals surface area (Å²) in [5, 5.41) is 2.28. The van der Waals surface area contributed by atoms with Gasteiger partial charge in [0.05, 0.1) is 22.4 Å². The summed E-state index contributed by atoms with van der Waals surface area (Å²) in [4.78, 5) is 26.3. The summed E-state index contributed by atoms with van der Waals surface area (Å²) in [6, 6.07) is 8.17. The van der Waals surface area contributed by atoms with Crippen LogP contribution in [0, 0.1) is 0 Å². The first-order valence-corrected chi connectivity index (χ1v) is 9.73. The fourth-order valence-electron chi connectivity index (χ4n) is 2.65. The summed E-state index contributed by atoms with van der Waals surface area (Å²) >= 11 is 6.33. The number of thiocarbonyl (C=S) groups is 1. The molecule has 0 unspecified atom stereocenters. The topological polar surface area (TPSA) is 62.6 Å². The molecular weight excluding hydrogens is 425 g/mol. The maximum atomic E-state index is 13.0. The summed E-state index contributed by atoms with van der Waals surface area (Å²) in [6.45, 7) is 0.189. The SMILES string of the molecule is O=C(CCCN1C(=O)/C(=C/c2ccco2)SC1=S)Nc1ccccc1C(F)(F)F. The molecule has 0 radical (unpaired) electrons. The average Bonchev–Trinajstić information content (AvgIpc) is 3.25. The van der Waals surface area contributed by atoms with Crippen LogP contribution in [-0.2, 0) is 15.8 Å². The third kappa shape index (κ3) is 5.27. The van der Waals surface area contributed by atoms with E-state index in [9.17, 15) is 22.8 Å². The van der Waals surface area contributed by atoms with Gasteiger partial charge in [0, 0.05) is 19.0 Å². The standard InChI is InChI=1S/C19H15F3N2O3S2/c20-19(21,22)13-6-1-2-7-14(13)23-16(25)8-3-9-24-17(26)15(29-18(24)28)11-12-5-4-10-27-12/h1-2,4-7,10-11H,3,8-9H2,(H,23,25)/b15-11-. The first-order valence-electron chi connectivity index (χ1n) is 8.50. The van der Waals surface area contributed by atoms with Gasteiger partial charge in [-0.3, -0.25) is 14.5 Å². The number of hydrogen-bond donors (Lipinski definition) is 1. The summed E-state index contributed by atoms with van der Waals surface area (Å²) in [5.74, 6) is -0.342. The number of thioether (sulfide) groups is 1. The molecule has 0 spiro atoms. The van der Waals surface area contributed by atoms with Crippen LogP contribution < -0.4 is 5.32 Å². The van der Waals surface area contributed by atoms with Crippen molar-refractivity contribution >= 4 is 51.9 Å². The Morgan fingerprint density at radius 1 is 1.24 bits per heavy atom. The van der Waals surface area contributed by atoms with Gasteiger partial charge in [0.15, 0.2) is 0 Å². The van der Waals surface area contributed by atoms with Gasteiger partial charge in [0.2, 0.25) is 5.91 Å². The minimum atomic E-state index is -4.56. The maximum absolute atomic E-state index is 13.0. The number of carbonyl (C=O) groups is 2. The molecule has 2 aromatic rings. The van der Waals surface area contributed by atoms with E-state index < -0.39 is 17.6 Å². The highest BCUT2D eigenvalue weighted by molar-refractivity contribution is 8.26. The van der Waals surface area contributed by atoms with Crippen LogP contribution in [-0.4, -0.2) is 27.6 Å². The summed E-state index contributed by atoms with van der Waals surface area (Å²) in [6.07, 6.45) is -1.30. The molecule has 0 aliphatic carbocycles. The molecule has 29 heavy (non-hydrogen) atoms. The molecule has 1 aliphatic rings. The molecule has 3 rings (SSSR count). The number of para-hydroxylation sites is 1. The van der Waals surface area contributed by atoms with Crippen molar-refractivity contribution in [1.82, 2.24) is 4.90 Å². The van der Waals surface area contributed by atoms with E-state index in [0.717, 1.165) is 17.8 Å². The van der Waals surface area contributed by atoms with Crippen molar-refractivity contribution in [2.75, 3.05) is 11.9 Å². The fraction of sp³-hybridized carbons (Fsp3) is 0.211. The number of furan rings is 1. The second-order valence-electron chi connectivity index (χ2n) is 6.04.